The van der Waals surface area contributed by atoms with Gasteiger partial charge in [-0.05, 0) is 49.6 Å². The highest BCUT2D eigenvalue weighted by atomic mass is 79.9. The monoisotopic (exact) mass is 343 g/mol. The predicted octanol–water partition coefficient (Wildman–Crippen LogP) is 5.35. The van der Waals surface area contributed by atoms with Gasteiger partial charge >= 0.3 is 0 Å². The van der Waals surface area contributed by atoms with Crippen LogP contribution in [0.3, 0.4) is 0 Å². The Morgan fingerprint density at radius 1 is 1.21 bits per heavy atom. The largest absolute Gasteiger partial charge is 0.313 e. The van der Waals surface area contributed by atoms with E-state index in [0.29, 0.717) is 6.04 Å². The van der Waals surface area contributed by atoms with Crippen LogP contribution in [0.2, 0.25) is 0 Å². The van der Waals surface area contributed by atoms with Crippen LogP contribution in [0.4, 0.5) is 0 Å². The average Bonchev–Trinajstić information content (AvgIpc) is 2.43. The topological polar surface area (TPSA) is 12.0 Å². The second kappa shape index (κ2) is 9.84. The maximum absolute atomic E-state index is 3.69. The summed E-state index contributed by atoms with van der Waals surface area (Å²) in [6, 6.07) is 9.24. The van der Waals surface area contributed by atoms with Gasteiger partial charge in [0, 0.05) is 21.2 Å². The third kappa shape index (κ3) is 7.38. The second-order valence-corrected chi connectivity index (χ2v) is 7.17. The molecule has 0 saturated carbocycles. The molecule has 0 bridgehead atoms. The van der Waals surface area contributed by atoms with Crippen LogP contribution in [0.25, 0.3) is 0 Å². The Morgan fingerprint density at radius 3 is 2.47 bits per heavy atom. The number of hydrogen-bond acceptors (Lipinski definition) is 2. The summed E-state index contributed by atoms with van der Waals surface area (Å²) in [5.74, 6) is 1.96. The average molecular weight is 344 g/mol. The van der Waals surface area contributed by atoms with E-state index in [0.717, 1.165) is 22.7 Å². The minimum absolute atomic E-state index is 0.628. The molecular weight excluding hydrogens is 318 g/mol. The van der Waals surface area contributed by atoms with Crippen LogP contribution in [0, 0.1) is 5.92 Å². The molecule has 0 fully saturated rings. The van der Waals surface area contributed by atoms with Crippen molar-refractivity contribution in [1.82, 2.24) is 5.32 Å². The lowest BCUT2D eigenvalue weighted by atomic mass is 10.0. The summed E-state index contributed by atoms with van der Waals surface area (Å²) in [4.78, 5) is 1.36. The number of benzene rings is 1. The fourth-order valence-corrected chi connectivity index (χ4v) is 3.18. The van der Waals surface area contributed by atoms with Gasteiger partial charge in [0.2, 0.25) is 0 Å². The van der Waals surface area contributed by atoms with Gasteiger partial charge in [-0.25, -0.2) is 0 Å². The minimum atomic E-state index is 0.628. The first-order chi connectivity index (χ1) is 9.15. The molecule has 0 aromatic heterocycles. The highest BCUT2D eigenvalue weighted by Crippen LogP contribution is 2.23. The van der Waals surface area contributed by atoms with Gasteiger partial charge < -0.3 is 5.32 Å². The van der Waals surface area contributed by atoms with E-state index >= 15 is 0 Å². The Kier molecular flexibility index (Phi) is 8.84. The smallest absolute Gasteiger partial charge is 0.0176 e. The summed E-state index contributed by atoms with van der Waals surface area (Å²) in [5.41, 5.74) is 0. The van der Waals surface area contributed by atoms with Crippen molar-refractivity contribution in [2.24, 2.45) is 5.92 Å². The summed E-state index contributed by atoms with van der Waals surface area (Å²) >= 11 is 5.44. The van der Waals surface area contributed by atoms with Crippen molar-refractivity contribution in [3.8, 4) is 0 Å². The molecule has 0 aliphatic heterocycles. The molecule has 3 heteroatoms. The maximum Gasteiger partial charge on any atom is 0.0176 e. The normalized spacial score (nSPS) is 14.3. The molecule has 2 unspecified atom stereocenters. The Hall–Kier alpha value is 0.01000. The maximum atomic E-state index is 3.69. The van der Waals surface area contributed by atoms with Crippen molar-refractivity contribution in [3.63, 3.8) is 0 Å². The first kappa shape index (κ1) is 17.1. The lowest BCUT2D eigenvalue weighted by Crippen LogP contribution is -2.33. The van der Waals surface area contributed by atoms with Crippen molar-refractivity contribution in [2.45, 2.75) is 51.0 Å². The van der Waals surface area contributed by atoms with Gasteiger partial charge in [0.15, 0.2) is 0 Å². The molecule has 0 spiro atoms. The second-order valence-electron chi connectivity index (χ2n) is 5.17. The lowest BCUT2D eigenvalue weighted by Gasteiger charge is -2.21. The molecule has 1 rings (SSSR count). The Labute approximate surface area is 131 Å². The van der Waals surface area contributed by atoms with E-state index in [4.69, 9.17) is 0 Å². The first-order valence-electron chi connectivity index (χ1n) is 7.27. The summed E-state index contributed by atoms with van der Waals surface area (Å²) in [5, 5.41) is 3.69. The van der Waals surface area contributed by atoms with E-state index in [2.05, 4.69) is 66.3 Å². The molecule has 0 radical (unpaired) electrons. The highest BCUT2D eigenvalue weighted by Gasteiger charge is 2.12. The van der Waals surface area contributed by atoms with E-state index in [1.165, 1.54) is 24.2 Å². The van der Waals surface area contributed by atoms with Gasteiger partial charge in [-0.3, -0.25) is 0 Å². The number of nitrogens with one attached hydrogen (secondary N) is 1. The molecule has 1 aromatic carbocycles. The quantitative estimate of drug-likeness (QED) is 0.607. The zero-order valence-corrected chi connectivity index (χ0v) is 14.7. The van der Waals surface area contributed by atoms with Crippen molar-refractivity contribution in [1.29, 1.82) is 0 Å². The van der Waals surface area contributed by atoms with Crippen LogP contribution >= 0.6 is 27.7 Å². The third-order valence-electron chi connectivity index (χ3n) is 3.33. The Balaban J connectivity index is 2.44. The number of rotatable bonds is 9. The summed E-state index contributed by atoms with van der Waals surface area (Å²) < 4.78 is 1.15. The van der Waals surface area contributed by atoms with Crippen molar-refractivity contribution in [3.05, 3.63) is 28.7 Å². The van der Waals surface area contributed by atoms with E-state index in [9.17, 15) is 0 Å². The van der Waals surface area contributed by atoms with E-state index in [1.807, 2.05) is 11.8 Å². The van der Waals surface area contributed by atoms with Gasteiger partial charge in [0.1, 0.15) is 0 Å². The van der Waals surface area contributed by atoms with E-state index in [1.54, 1.807) is 0 Å². The highest BCUT2D eigenvalue weighted by molar-refractivity contribution is 9.10. The fourth-order valence-electron chi connectivity index (χ4n) is 1.94. The molecule has 0 heterocycles. The van der Waals surface area contributed by atoms with Gasteiger partial charge in [-0.1, -0.05) is 43.1 Å². The van der Waals surface area contributed by atoms with Crippen molar-refractivity contribution >= 4 is 27.7 Å². The summed E-state index contributed by atoms with van der Waals surface area (Å²) in [6.45, 7) is 7.99. The first-order valence-corrected chi connectivity index (χ1v) is 9.05. The predicted molar refractivity (Wildman–Crippen MR) is 91.0 cm³/mol. The minimum Gasteiger partial charge on any atom is -0.313 e. The SMILES string of the molecule is CCCNC(CSc1ccc(Br)cc1)CC(C)CC. The molecule has 2 atom stereocenters. The molecule has 19 heavy (non-hydrogen) atoms. The Morgan fingerprint density at radius 2 is 1.89 bits per heavy atom. The molecule has 108 valence electrons. The third-order valence-corrected chi connectivity index (χ3v) is 5.03. The lowest BCUT2D eigenvalue weighted by molar-refractivity contribution is 0.417. The summed E-state index contributed by atoms with van der Waals surface area (Å²) in [6.07, 6.45) is 3.76. The fraction of sp³-hybridized carbons (Fsp3) is 0.625. The van der Waals surface area contributed by atoms with Gasteiger partial charge in [-0.15, -0.1) is 11.8 Å². The van der Waals surface area contributed by atoms with Crippen LogP contribution in [-0.2, 0) is 0 Å². The molecule has 1 nitrogen and oxygen atoms in total. The molecule has 0 saturated heterocycles. The number of thioether (sulfide) groups is 1. The molecular formula is C16H26BrNS. The van der Waals surface area contributed by atoms with Crippen LogP contribution < -0.4 is 5.32 Å². The van der Waals surface area contributed by atoms with E-state index in [-0.39, 0.29) is 0 Å². The van der Waals surface area contributed by atoms with Crippen LogP contribution in [0.15, 0.2) is 33.6 Å². The number of halogens is 1. The summed E-state index contributed by atoms with van der Waals surface area (Å²) in [7, 11) is 0. The zero-order valence-electron chi connectivity index (χ0n) is 12.3. The van der Waals surface area contributed by atoms with Crippen LogP contribution in [0.5, 0.6) is 0 Å². The molecule has 0 aliphatic rings. The van der Waals surface area contributed by atoms with Crippen LogP contribution in [-0.4, -0.2) is 18.3 Å². The molecule has 1 N–H and O–H groups in total. The van der Waals surface area contributed by atoms with Crippen LogP contribution in [0.1, 0.15) is 40.0 Å². The molecule has 0 aliphatic carbocycles. The standard InChI is InChI=1S/C16H26BrNS/c1-4-10-18-15(11-13(3)5-2)12-19-16-8-6-14(17)7-9-16/h6-9,13,15,18H,4-5,10-12H2,1-3H3. The Bertz CT molecular complexity index is 339. The zero-order chi connectivity index (χ0) is 14.1. The number of hydrogen-bond donors (Lipinski definition) is 1. The van der Waals surface area contributed by atoms with Crippen molar-refractivity contribution < 1.29 is 0 Å². The van der Waals surface area contributed by atoms with Crippen molar-refractivity contribution in [2.75, 3.05) is 12.3 Å². The van der Waals surface area contributed by atoms with Gasteiger partial charge in [0.25, 0.3) is 0 Å². The van der Waals surface area contributed by atoms with Gasteiger partial charge in [0.05, 0.1) is 0 Å². The molecule has 0 amide bonds. The van der Waals surface area contributed by atoms with E-state index < -0.39 is 0 Å². The van der Waals surface area contributed by atoms with Gasteiger partial charge in [-0.2, -0.15) is 0 Å². The molecule has 1 aromatic rings.